The van der Waals surface area contributed by atoms with E-state index in [0.29, 0.717) is 0 Å². The molecule has 1 radical (unpaired) electrons. The average molecular weight is 603 g/mol. The molecule has 0 aromatic carbocycles. The van der Waals surface area contributed by atoms with Gasteiger partial charge in [0.2, 0.25) is 0 Å². The summed E-state index contributed by atoms with van der Waals surface area (Å²) in [6, 6.07) is 0. The predicted octanol–water partition coefficient (Wildman–Crippen LogP) is 13.5. The van der Waals surface area contributed by atoms with Crippen LogP contribution in [0.5, 0.6) is 0 Å². The molecule has 0 fully saturated rings. The minimum atomic E-state index is 0. The van der Waals surface area contributed by atoms with Crippen molar-refractivity contribution in [2.45, 2.75) is 194 Å². The summed E-state index contributed by atoms with van der Waals surface area (Å²) in [5.74, 6) is 0. The molecule has 0 saturated carbocycles. The molecule has 0 amide bonds. The van der Waals surface area contributed by atoms with Gasteiger partial charge in [-0.15, -0.1) is 0 Å². The van der Waals surface area contributed by atoms with Gasteiger partial charge in [-0.25, -0.2) is 0 Å². The predicted molar refractivity (Wildman–Crippen MR) is 168 cm³/mol. The Bertz CT molecular complexity index is 316. The molecule has 0 atom stereocenters. The third-order valence-electron chi connectivity index (χ3n) is 6.67. The fraction of sp³-hybridized carbons (Fsp3) is 0.833. The first-order valence-corrected chi connectivity index (χ1v) is 16.3. The zero-order valence-corrected chi connectivity index (χ0v) is 27.6. The molecule has 0 aliphatic rings. The van der Waals surface area contributed by atoms with Gasteiger partial charge in [-0.3, -0.25) is 18.2 Å². The Morgan fingerprint density at radius 1 is 0.297 bits per heavy atom. The van der Waals surface area contributed by atoms with Gasteiger partial charge in [0.05, 0.1) is 0 Å². The molecular weight excluding hydrogens is 533 g/mol. The van der Waals surface area contributed by atoms with Crippen molar-refractivity contribution >= 4 is 0 Å². The minimum Gasteiger partial charge on any atom is -0.518 e. The van der Waals surface area contributed by atoms with E-state index < -0.39 is 0 Å². The van der Waals surface area contributed by atoms with Crippen LogP contribution in [0.15, 0.2) is 18.2 Å². The third-order valence-corrected chi connectivity index (χ3v) is 6.67. The Labute approximate surface area is 250 Å². The van der Waals surface area contributed by atoms with Gasteiger partial charge in [0.25, 0.3) is 0 Å². The van der Waals surface area contributed by atoms with Crippen molar-refractivity contribution in [3.05, 3.63) is 38.0 Å². The van der Waals surface area contributed by atoms with Gasteiger partial charge < -0.3 is 19.7 Å². The largest absolute Gasteiger partial charge is 3.00 e. The molecule has 0 saturated heterocycles. The minimum absolute atomic E-state index is 0. The summed E-state index contributed by atoms with van der Waals surface area (Å²) in [5, 5.41) is 0. The summed E-state index contributed by atoms with van der Waals surface area (Å²) >= 11 is 0. The van der Waals surface area contributed by atoms with E-state index in [4.69, 9.17) is 19.7 Å². The van der Waals surface area contributed by atoms with Crippen LogP contribution >= 0.6 is 0 Å². The molecule has 0 unspecified atom stereocenters. The summed E-state index contributed by atoms with van der Waals surface area (Å²) in [7, 11) is 0. The van der Waals surface area contributed by atoms with Crippen molar-refractivity contribution in [1.82, 2.24) is 0 Å². The van der Waals surface area contributed by atoms with Crippen molar-refractivity contribution in [2.24, 2.45) is 0 Å². The quantitative estimate of drug-likeness (QED) is 0.0498. The van der Waals surface area contributed by atoms with E-state index in [0.717, 1.165) is 19.3 Å². The van der Waals surface area contributed by atoms with E-state index in [9.17, 15) is 0 Å². The second-order valence-corrected chi connectivity index (χ2v) is 10.5. The maximum atomic E-state index is 5.28. The molecule has 221 valence electrons. The van der Waals surface area contributed by atoms with Crippen molar-refractivity contribution in [3.8, 4) is 0 Å². The number of allylic oxidation sites excluding steroid dienone is 3. The first-order chi connectivity index (χ1) is 17.7. The van der Waals surface area contributed by atoms with E-state index >= 15 is 0 Å². The summed E-state index contributed by atoms with van der Waals surface area (Å²) < 4.78 is 0. The van der Waals surface area contributed by atoms with Crippen LogP contribution in [0, 0.1) is 19.7 Å². The van der Waals surface area contributed by atoms with Crippen LogP contribution in [0.3, 0.4) is 0 Å². The number of hydrogen-bond acceptors (Lipinski definition) is 0. The maximum Gasteiger partial charge on any atom is 3.00 e. The van der Waals surface area contributed by atoms with Crippen LogP contribution in [0.4, 0.5) is 0 Å². The molecule has 0 aromatic heterocycles. The SMILES string of the molecule is [CH-]=CCCCCCCCCCC.[CH-]=CCCCCCCCCCC.[CH-]=CCCCCCCCCCC.[Ru+3]. The molecule has 0 aromatic rings. The molecule has 0 heterocycles. The standard InChI is InChI=1S/3C12H23.Ru/c3*1-3-5-7-9-11-12-10-8-6-4-2;/h3*1,3H,4-12H2,2H3;/q3*-1;+3. The molecule has 0 aliphatic carbocycles. The molecule has 0 aliphatic heterocycles. The Balaban J connectivity index is -0.000000218. The van der Waals surface area contributed by atoms with Gasteiger partial charge in [0.1, 0.15) is 0 Å². The molecule has 0 bridgehead atoms. The van der Waals surface area contributed by atoms with Crippen LogP contribution < -0.4 is 0 Å². The molecule has 0 rings (SSSR count). The summed E-state index contributed by atoms with van der Waals surface area (Å²) in [4.78, 5) is 0. The van der Waals surface area contributed by atoms with E-state index in [1.807, 2.05) is 0 Å². The first kappa shape index (κ1) is 43.9. The van der Waals surface area contributed by atoms with E-state index in [1.165, 1.54) is 154 Å². The van der Waals surface area contributed by atoms with Gasteiger partial charge in [-0.05, 0) is 0 Å². The molecule has 37 heavy (non-hydrogen) atoms. The van der Waals surface area contributed by atoms with Crippen LogP contribution in [0.2, 0.25) is 0 Å². The molecular formula is C36H69Ru. The molecule has 0 spiro atoms. The molecule has 0 N–H and O–H groups in total. The van der Waals surface area contributed by atoms with Crippen LogP contribution in [-0.2, 0) is 19.5 Å². The van der Waals surface area contributed by atoms with E-state index in [-0.39, 0.29) is 19.5 Å². The summed E-state index contributed by atoms with van der Waals surface area (Å²) in [6.45, 7) is 22.6. The maximum absolute atomic E-state index is 5.28. The Morgan fingerprint density at radius 3 is 0.622 bits per heavy atom. The van der Waals surface area contributed by atoms with Gasteiger partial charge in [-0.1, -0.05) is 194 Å². The number of rotatable bonds is 27. The second kappa shape index (κ2) is 48.9. The van der Waals surface area contributed by atoms with Gasteiger partial charge in [-0.2, -0.15) is 0 Å². The fourth-order valence-corrected chi connectivity index (χ4v) is 4.19. The van der Waals surface area contributed by atoms with Gasteiger partial charge >= 0.3 is 19.5 Å². The normalized spacial score (nSPS) is 9.81. The van der Waals surface area contributed by atoms with Crippen LogP contribution in [0.1, 0.15) is 194 Å². The zero-order valence-electron chi connectivity index (χ0n) is 25.9. The topological polar surface area (TPSA) is 0 Å². The van der Waals surface area contributed by atoms with Crippen molar-refractivity contribution < 1.29 is 19.5 Å². The van der Waals surface area contributed by atoms with Crippen LogP contribution in [-0.4, -0.2) is 0 Å². The molecule has 0 nitrogen and oxygen atoms in total. The summed E-state index contributed by atoms with van der Waals surface area (Å²) in [5.41, 5.74) is 0. The zero-order chi connectivity index (χ0) is 27.2. The van der Waals surface area contributed by atoms with Crippen LogP contribution in [0.25, 0.3) is 0 Å². The Kier molecular flexibility index (Phi) is 57.9. The molecule has 1 heteroatoms. The Hall–Kier alpha value is -0.157. The summed E-state index contributed by atoms with van der Waals surface area (Å²) in [6.07, 6.45) is 41.9. The number of hydrogen-bond donors (Lipinski definition) is 0. The van der Waals surface area contributed by atoms with Gasteiger partial charge in [0.15, 0.2) is 0 Å². The smallest absolute Gasteiger partial charge is 0.518 e. The van der Waals surface area contributed by atoms with Crippen molar-refractivity contribution in [3.63, 3.8) is 0 Å². The van der Waals surface area contributed by atoms with E-state index in [1.54, 1.807) is 18.2 Å². The van der Waals surface area contributed by atoms with Gasteiger partial charge in [0, 0.05) is 0 Å². The monoisotopic (exact) mass is 603 g/mol. The van der Waals surface area contributed by atoms with Crippen molar-refractivity contribution in [2.75, 3.05) is 0 Å². The van der Waals surface area contributed by atoms with Crippen molar-refractivity contribution in [1.29, 1.82) is 0 Å². The Morgan fingerprint density at radius 2 is 0.459 bits per heavy atom. The van der Waals surface area contributed by atoms with E-state index in [2.05, 4.69) is 20.8 Å². The first-order valence-electron chi connectivity index (χ1n) is 16.3. The fourth-order valence-electron chi connectivity index (χ4n) is 4.19. The average Bonchev–Trinajstić information content (AvgIpc) is 2.90. The third kappa shape index (κ3) is 57.0. The second-order valence-electron chi connectivity index (χ2n) is 10.5. The number of unbranched alkanes of at least 4 members (excludes halogenated alkanes) is 24.